The average molecular weight is 471 g/mol. The van der Waals surface area contributed by atoms with Crippen LogP contribution in [-0.4, -0.2) is 51.1 Å². The van der Waals surface area contributed by atoms with Crippen molar-refractivity contribution in [2.75, 3.05) is 14.1 Å². The molecule has 0 aliphatic carbocycles. The number of rotatable bonds is 8. The fraction of sp³-hybridized carbons (Fsp3) is 0.318. The lowest BCUT2D eigenvalue weighted by Crippen LogP contribution is -2.22. The van der Waals surface area contributed by atoms with Gasteiger partial charge in [0.15, 0.2) is 5.16 Å². The van der Waals surface area contributed by atoms with E-state index in [2.05, 4.69) is 33.8 Å². The molecule has 8 nitrogen and oxygen atoms in total. The highest BCUT2D eigenvalue weighted by Gasteiger charge is 2.20. The summed E-state index contributed by atoms with van der Waals surface area (Å²) in [6, 6.07) is 15.3. The van der Waals surface area contributed by atoms with Crippen molar-refractivity contribution in [3.05, 3.63) is 65.7 Å². The number of fused-ring (bicyclic) bond motifs is 1. The number of imidazole rings is 1. The van der Waals surface area contributed by atoms with E-state index < -0.39 is 10.0 Å². The Morgan fingerprint density at radius 2 is 1.78 bits per heavy atom. The lowest BCUT2D eigenvalue weighted by Gasteiger charge is -2.11. The van der Waals surface area contributed by atoms with Gasteiger partial charge in [-0.2, -0.15) is 0 Å². The van der Waals surface area contributed by atoms with Crippen molar-refractivity contribution < 1.29 is 8.42 Å². The Balaban J connectivity index is 1.57. The van der Waals surface area contributed by atoms with Gasteiger partial charge in [0.25, 0.3) is 0 Å². The van der Waals surface area contributed by atoms with Gasteiger partial charge in [0.05, 0.1) is 21.7 Å². The van der Waals surface area contributed by atoms with E-state index >= 15 is 0 Å². The summed E-state index contributed by atoms with van der Waals surface area (Å²) in [6.07, 6.45) is 0.724. The van der Waals surface area contributed by atoms with Crippen LogP contribution >= 0.6 is 11.8 Å². The minimum absolute atomic E-state index is 0.244. The summed E-state index contributed by atoms with van der Waals surface area (Å²) in [5.74, 6) is 2.39. The minimum Gasteiger partial charge on any atom is -0.328 e. The molecule has 0 unspecified atom stereocenters. The molecule has 2 aromatic carbocycles. The Labute approximate surface area is 192 Å². The van der Waals surface area contributed by atoms with Crippen LogP contribution in [0.15, 0.2) is 58.6 Å². The maximum atomic E-state index is 12.5. The van der Waals surface area contributed by atoms with Gasteiger partial charge in [-0.1, -0.05) is 42.1 Å². The maximum Gasteiger partial charge on any atom is 0.242 e. The fourth-order valence-corrected chi connectivity index (χ4v) is 5.32. The summed E-state index contributed by atoms with van der Waals surface area (Å²) in [4.78, 5) is 4.98. The molecule has 0 bridgehead atoms. The largest absolute Gasteiger partial charge is 0.328 e. The monoisotopic (exact) mass is 470 g/mol. The second kappa shape index (κ2) is 9.05. The molecule has 32 heavy (non-hydrogen) atoms. The molecule has 0 atom stereocenters. The van der Waals surface area contributed by atoms with E-state index in [1.807, 2.05) is 35.9 Å². The second-order valence-electron chi connectivity index (χ2n) is 7.62. The SMILES string of the molecule is CCn1c(CSc2nnc(Cc3ccccc3)n2C)nc2cc(S(=O)(=O)N(C)C)ccc21. The van der Waals surface area contributed by atoms with Crippen molar-refractivity contribution in [1.29, 1.82) is 0 Å². The molecule has 2 aromatic heterocycles. The van der Waals surface area contributed by atoms with Crippen molar-refractivity contribution >= 4 is 32.8 Å². The Morgan fingerprint density at radius 3 is 2.47 bits per heavy atom. The first-order valence-corrected chi connectivity index (χ1v) is 12.7. The predicted octanol–water partition coefficient (Wildman–Crippen LogP) is 3.32. The smallest absolute Gasteiger partial charge is 0.242 e. The average Bonchev–Trinajstić information content (AvgIpc) is 3.31. The first kappa shape index (κ1) is 22.5. The zero-order valence-electron chi connectivity index (χ0n) is 18.6. The van der Waals surface area contributed by atoms with Crippen molar-refractivity contribution in [3.63, 3.8) is 0 Å². The summed E-state index contributed by atoms with van der Waals surface area (Å²) in [5.41, 5.74) is 2.78. The normalized spacial score (nSPS) is 12.2. The molecule has 0 saturated heterocycles. The van der Waals surface area contributed by atoms with Gasteiger partial charge in [-0.3, -0.25) is 0 Å². The Bertz CT molecular complexity index is 1340. The minimum atomic E-state index is -3.51. The zero-order valence-corrected chi connectivity index (χ0v) is 20.2. The van der Waals surface area contributed by atoms with Gasteiger partial charge in [0.2, 0.25) is 10.0 Å². The Morgan fingerprint density at radius 1 is 1.03 bits per heavy atom. The molecule has 2 heterocycles. The van der Waals surface area contributed by atoms with Crippen LogP contribution in [0.1, 0.15) is 24.1 Å². The van der Waals surface area contributed by atoms with Gasteiger partial charge in [0, 0.05) is 34.1 Å². The number of aryl methyl sites for hydroxylation is 1. The third-order valence-electron chi connectivity index (χ3n) is 5.35. The highest BCUT2D eigenvalue weighted by molar-refractivity contribution is 7.98. The Hall–Kier alpha value is -2.69. The molecule has 4 rings (SSSR count). The number of hydrogen-bond acceptors (Lipinski definition) is 6. The van der Waals surface area contributed by atoms with Crippen LogP contribution in [0, 0.1) is 0 Å². The van der Waals surface area contributed by atoms with Crippen molar-refractivity contribution in [3.8, 4) is 0 Å². The molecule has 0 spiro atoms. The zero-order chi connectivity index (χ0) is 22.9. The number of hydrogen-bond donors (Lipinski definition) is 0. The van der Waals surface area contributed by atoms with E-state index in [4.69, 9.17) is 4.98 Å². The molecule has 0 N–H and O–H groups in total. The van der Waals surface area contributed by atoms with Crippen molar-refractivity contribution in [1.82, 2.24) is 28.6 Å². The first-order chi connectivity index (χ1) is 15.3. The number of sulfonamides is 1. The third-order valence-corrected chi connectivity index (χ3v) is 8.18. The van der Waals surface area contributed by atoms with Crippen LogP contribution in [0.25, 0.3) is 11.0 Å². The molecular weight excluding hydrogens is 444 g/mol. The quantitative estimate of drug-likeness (QED) is 0.367. The molecule has 0 saturated carbocycles. The topological polar surface area (TPSA) is 85.9 Å². The van der Waals surface area contributed by atoms with Gasteiger partial charge in [-0.25, -0.2) is 17.7 Å². The molecular formula is C22H26N6O2S2. The number of aromatic nitrogens is 5. The highest BCUT2D eigenvalue weighted by Crippen LogP contribution is 2.26. The van der Waals surface area contributed by atoms with E-state index in [0.29, 0.717) is 11.3 Å². The van der Waals surface area contributed by atoms with E-state index in [1.165, 1.54) is 24.0 Å². The van der Waals surface area contributed by atoms with E-state index in [1.54, 1.807) is 23.9 Å². The van der Waals surface area contributed by atoms with Gasteiger partial charge in [-0.15, -0.1) is 10.2 Å². The third kappa shape index (κ3) is 4.30. The predicted molar refractivity (Wildman–Crippen MR) is 126 cm³/mol. The van der Waals surface area contributed by atoms with E-state index in [-0.39, 0.29) is 4.90 Å². The van der Waals surface area contributed by atoms with Crippen LogP contribution in [-0.2, 0) is 35.8 Å². The van der Waals surface area contributed by atoms with Gasteiger partial charge in [-0.05, 0) is 30.7 Å². The van der Waals surface area contributed by atoms with Crippen molar-refractivity contribution in [2.24, 2.45) is 7.05 Å². The van der Waals surface area contributed by atoms with Crippen LogP contribution in [0.2, 0.25) is 0 Å². The van der Waals surface area contributed by atoms with Crippen LogP contribution in [0.3, 0.4) is 0 Å². The summed E-state index contributed by atoms with van der Waals surface area (Å²) >= 11 is 1.57. The van der Waals surface area contributed by atoms with Gasteiger partial charge >= 0.3 is 0 Å². The molecule has 10 heteroatoms. The molecule has 4 aromatic rings. The number of nitrogens with zero attached hydrogens (tertiary/aromatic N) is 6. The van der Waals surface area contributed by atoms with Crippen LogP contribution < -0.4 is 0 Å². The Kier molecular flexibility index (Phi) is 6.36. The molecule has 168 valence electrons. The molecule has 0 radical (unpaired) electrons. The van der Waals surface area contributed by atoms with E-state index in [9.17, 15) is 8.42 Å². The second-order valence-corrected chi connectivity index (χ2v) is 10.7. The van der Waals surface area contributed by atoms with Gasteiger partial charge in [0.1, 0.15) is 11.6 Å². The standard InChI is InChI=1S/C22H26N6O2S2/c1-5-28-19-12-11-17(32(29,30)26(2)3)14-18(19)23-21(28)15-31-22-25-24-20(27(22)4)13-16-9-7-6-8-10-16/h6-12,14H,5,13,15H2,1-4H3. The van der Waals surface area contributed by atoms with Crippen LogP contribution in [0.5, 0.6) is 0 Å². The molecule has 0 fully saturated rings. The lowest BCUT2D eigenvalue weighted by molar-refractivity contribution is 0.521. The molecule has 0 amide bonds. The number of thioether (sulfide) groups is 1. The summed E-state index contributed by atoms with van der Waals surface area (Å²) in [7, 11) is 1.52. The lowest BCUT2D eigenvalue weighted by atomic mass is 10.1. The van der Waals surface area contributed by atoms with Gasteiger partial charge < -0.3 is 9.13 Å². The number of benzene rings is 2. The molecule has 0 aliphatic rings. The van der Waals surface area contributed by atoms with E-state index in [0.717, 1.165) is 35.3 Å². The highest BCUT2D eigenvalue weighted by atomic mass is 32.2. The molecule has 0 aliphatic heterocycles. The summed E-state index contributed by atoms with van der Waals surface area (Å²) < 4.78 is 30.3. The fourth-order valence-electron chi connectivity index (χ4n) is 3.53. The first-order valence-electron chi connectivity index (χ1n) is 10.3. The van der Waals surface area contributed by atoms with Crippen LogP contribution in [0.4, 0.5) is 0 Å². The summed E-state index contributed by atoms with van der Waals surface area (Å²) in [6.45, 7) is 2.80. The van der Waals surface area contributed by atoms with Crippen molar-refractivity contribution in [2.45, 2.75) is 35.7 Å². The summed E-state index contributed by atoms with van der Waals surface area (Å²) in [5, 5.41) is 9.53. The maximum absolute atomic E-state index is 12.5.